The van der Waals surface area contributed by atoms with Gasteiger partial charge in [-0.1, -0.05) is 30.3 Å². The fourth-order valence-electron chi connectivity index (χ4n) is 4.02. The molecule has 2 saturated heterocycles. The van der Waals surface area contributed by atoms with Crippen molar-refractivity contribution in [2.75, 3.05) is 59.5 Å². The van der Waals surface area contributed by atoms with Crippen LogP contribution >= 0.6 is 0 Å². The lowest BCUT2D eigenvalue weighted by molar-refractivity contribution is 0.0913. The highest BCUT2D eigenvalue weighted by Gasteiger charge is 2.26. The Balaban J connectivity index is 1.57. The number of aliphatic imine (C=N–C) groups is 1. The molecule has 0 saturated carbocycles. The van der Waals surface area contributed by atoms with Gasteiger partial charge in [0.25, 0.3) is 0 Å². The number of hydrogen-bond acceptors (Lipinski definition) is 4. The van der Waals surface area contributed by atoms with Crippen LogP contribution in [0.3, 0.4) is 0 Å². The average Bonchev–Trinajstić information content (AvgIpc) is 3.27. The van der Waals surface area contributed by atoms with Gasteiger partial charge >= 0.3 is 6.09 Å². The quantitative estimate of drug-likeness (QED) is 0.620. The van der Waals surface area contributed by atoms with Gasteiger partial charge in [-0.3, -0.25) is 9.89 Å². The Morgan fingerprint density at radius 1 is 1.07 bits per heavy atom. The zero-order chi connectivity index (χ0) is 19.8. The number of piperazine rings is 1. The van der Waals surface area contributed by atoms with E-state index < -0.39 is 0 Å². The second kappa shape index (κ2) is 10.3. The number of carbonyl (C=O) groups is 1. The van der Waals surface area contributed by atoms with E-state index in [-0.39, 0.29) is 6.09 Å². The van der Waals surface area contributed by atoms with Gasteiger partial charge in [-0.2, -0.15) is 0 Å². The molecule has 0 spiro atoms. The Kier molecular flexibility index (Phi) is 7.54. The molecule has 1 amide bonds. The first-order valence-electron chi connectivity index (χ1n) is 10.4. The first kappa shape index (κ1) is 20.5. The van der Waals surface area contributed by atoms with Gasteiger partial charge in [0.05, 0.1) is 12.6 Å². The van der Waals surface area contributed by atoms with Crippen molar-refractivity contribution in [3.63, 3.8) is 0 Å². The maximum absolute atomic E-state index is 11.9. The minimum atomic E-state index is -0.219. The fourth-order valence-corrected chi connectivity index (χ4v) is 4.02. The van der Waals surface area contributed by atoms with Crippen molar-refractivity contribution in [3.05, 3.63) is 35.9 Å². The van der Waals surface area contributed by atoms with Gasteiger partial charge in [-0.05, 0) is 38.4 Å². The maximum atomic E-state index is 11.9. The Hall–Kier alpha value is -2.28. The molecule has 154 valence electrons. The number of rotatable bonds is 5. The number of likely N-dealkylation sites (tertiary alicyclic amines) is 1. The molecule has 1 unspecified atom stereocenters. The zero-order valence-electron chi connectivity index (χ0n) is 17.1. The predicted molar refractivity (Wildman–Crippen MR) is 112 cm³/mol. The van der Waals surface area contributed by atoms with E-state index in [2.05, 4.69) is 50.4 Å². The molecule has 3 rings (SSSR count). The van der Waals surface area contributed by atoms with Gasteiger partial charge in [0.1, 0.15) is 0 Å². The molecular formula is C21H33N5O2. The Bertz CT molecular complexity index is 637. The number of guanidine groups is 1. The van der Waals surface area contributed by atoms with Gasteiger partial charge < -0.3 is 19.9 Å². The van der Waals surface area contributed by atoms with E-state index in [4.69, 9.17) is 4.74 Å². The molecule has 7 heteroatoms. The monoisotopic (exact) mass is 387 g/mol. The molecule has 7 nitrogen and oxygen atoms in total. The number of ether oxygens (including phenoxy) is 1. The molecule has 2 heterocycles. The van der Waals surface area contributed by atoms with Gasteiger partial charge in [0, 0.05) is 39.8 Å². The summed E-state index contributed by atoms with van der Waals surface area (Å²) < 4.78 is 5.11. The number of nitrogens with one attached hydrogen (secondary N) is 1. The highest BCUT2D eigenvalue weighted by atomic mass is 16.6. The van der Waals surface area contributed by atoms with Crippen LogP contribution in [0.1, 0.15) is 31.4 Å². The largest absolute Gasteiger partial charge is 0.450 e. The normalized spacial score (nSPS) is 19.6. The second-order valence-electron chi connectivity index (χ2n) is 7.27. The number of hydrogen-bond donors (Lipinski definition) is 1. The summed E-state index contributed by atoms with van der Waals surface area (Å²) in [6.07, 6.45) is 2.32. The molecule has 0 aliphatic carbocycles. The Labute approximate surface area is 168 Å². The molecule has 1 aromatic carbocycles. The summed E-state index contributed by atoms with van der Waals surface area (Å²) in [5.74, 6) is 0.906. The van der Waals surface area contributed by atoms with Crippen LogP contribution in [0.4, 0.5) is 4.79 Å². The molecule has 0 bridgehead atoms. The molecule has 2 aliphatic heterocycles. The van der Waals surface area contributed by atoms with E-state index in [1.807, 2.05) is 14.0 Å². The standard InChI is InChI=1S/C21H33N5O2/c1-3-28-21(27)26-15-13-25(14-16-26)20(22-2)23-17-19(24-11-7-8-12-24)18-9-5-4-6-10-18/h4-6,9-10,19H,3,7-8,11-17H2,1-2H3,(H,22,23). The third-order valence-electron chi connectivity index (χ3n) is 5.54. The lowest BCUT2D eigenvalue weighted by Gasteiger charge is -2.37. The molecule has 28 heavy (non-hydrogen) atoms. The van der Waals surface area contributed by atoms with E-state index in [1.165, 1.54) is 18.4 Å². The number of amides is 1. The van der Waals surface area contributed by atoms with Crippen LogP contribution in [0.25, 0.3) is 0 Å². The molecule has 1 N–H and O–H groups in total. The summed E-state index contributed by atoms with van der Waals surface area (Å²) in [4.78, 5) is 22.9. The van der Waals surface area contributed by atoms with Crippen molar-refractivity contribution in [3.8, 4) is 0 Å². The lowest BCUT2D eigenvalue weighted by Crippen LogP contribution is -2.54. The van der Waals surface area contributed by atoms with E-state index in [0.717, 1.165) is 38.7 Å². The van der Waals surface area contributed by atoms with Crippen molar-refractivity contribution in [2.45, 2.75) is 25.8 Å². The van der Waals surface area contributed by atoms with Crippen LogP contribution in [0.5, 0.6) is 0 Å². The van der Waals surface area contributed by atoms with E-state index in [1.54, 1.807) is 4.90 Å². The zero-order valence-corrected chi connectivity index (χ0v) is 17.1. The Morgan fingerprint density at radius 3 is 2.32 bits per heavy atom. The van der Waals surface area contributed by atoms with Gasteiger partial charge in [0.2, 0.25) is 0 Å². The van der Waals surface area contributed by atoms with Gasteiger partial charge in [-0.15, -0.1) is 0 Å². The van der Waals surface area contributed by atoms with Gasteiger partial charge in [0.15, 0.2) is 5.96 Å². The van der Waals surface area contributed by atoms with Crippen LogP contribution in [0.15, 0.2) is 35.3 Å². The van der Waals surface area contributed by atoms with E-state index in [0.29, 0.717) is 25.7 Å². The third kappa shape index (κ3) is 5.16. The summed E-state index contributed by atoms with van der Waals surface area (Å²) in [5.41, 5.74) is 1.35. The fraction of sp³-hybridized carbons (Fsp3) is 0.619. The Morgan fingerprint density at radius 2 is 1.71 bits per heavy atom. The van der Waals surface area contributed by atoms with E-state index >= 15 is 0 Å². The predicted octanol–water partition coefficient (Wildman–Crippen LogP) is 2.17. The number of carbonyl (C=O) groups excluding carboxylic acids is 1. The topological polar surface area (TPSA) is 60.4 Å². The SMILES string of the molecule is CCOC(=O)N1CCN(C(=NC)NCC(c2ccccc2)N2CCCC2)CC1. The van der Waals surface area contributed by atoms with Crippen LogP contribution in [0, 0.1) is 0 Å². The summed E-state index contributed by atoms with van der Waals surface area (Å²) in [6.45, 7) is 8.23. The van der Waals surface area contributed by atoms with Crippen molar-refractivity contribution in [1.29, 1.82) is 0 Å². The molecular weight excluding hydrogens is 354 g/mol. The highest BCUT2D eigenvalue weighted by molar-refractivity contribution is 5.80. The van der Waals surface area contributed by atoms with Crippen molar-refractivity contribution < 1.29 is 9.53 Å². The molecule has 0 aromatic heterocycles. The number of nitrogens with zero attached hydrogens (tertiary/aromatic N) is 4. The summed E-state index contributed by atoms with van der Waals surface area (Å²) >= 11 is 0. The molecule has 2 fully saturated rings. The van der Waals surface area contributed by atoms with Crippen LogP contribution in [0.2, 0.25) is 0 Å². The van der Waals surface area contributed by atoms with Crippen LogP contribution in [-0.2, 0) is 4.74 Å². The molecule has 2 aliphatic rings. The van der Waals surface area contributed by atoms with E-state index in [9.17, 15) is 4.79 Å². The first-order valence-corrected chi connectivity index (χ1v) is 10.4. The summed E-state index contributed by atoms with van der Waals surface area (Å²) in [5, 5.41) is 3.58. The van der Waals surface area contributed by atoms with Gasteiger partial charge in [-0.25, -0.2) is 4.79 Å². The average molecular weight is 388 g/mol. The minimum Gasteiger partial charge on any atom is -0.450 e. The summed E-state index contributed by atoms with van der Waals surface area (Å²) in [7, 11) is 1.83. The summed E-state index contributed by atoms with van der Waals surface area (Å²) in [6, 6.07) is 11.1. The maximum Gasteiger partial charge on any atom is 0.409 e. The van der Waals surface area contributed by atoms with Crippen molar-refractivity contribution in [2.24, 2.45) is 4.99 Å². The first-order chi connectivity index (χ1) is 13.7. The van der Waals surface area contributed by atoms with Crippen molar-refractivity contribution >= 4 is 12.1 Å². The molecule has 1 atom stereocenters. The third-order valence-corrected chi connectivity index (χ3v) is 5.54. The van der Waals surface area contributed by atoms with Crippen LogP contribution < -0.4 is 5.32 Å². The highest BCUT2D eigenvalue weighted by Crippen LogP contribution is 2.24. The number of benzene rings is 1. The molecule has 0 radical (unpaired) electrons. The molecule has 1 aromatic rings. The second-order valence-corrected chi connectivity index (χ2v) is 7.27. The smallest absolute Gasteiger partial charge is 0.409 e. The van der Waals surface area contributed by atoms with Crippen molar-refractivity contribution in [1.82, 2.24) is 20.0 Å². The minimum absolute atomic E-state index is 0.219. The van der Waals surface area contributed by atoms with Crippen LogP contribution in [-0.4, -0.2) is 86.2 Å². The lowest BCUT2D eigenvalue weighted by atomic mass is 10.1.